The molecule has 0 aliphatic carbocycles. The molecule has 160 valence electrons. The van der Waals surface area contributed by atoms with E-state index >= 15 is 0 Å². The fourth-order valence-corrected chi connectivity index (χ4v) is 3.70. The Morgan fingerprint density at radius 3 is 2.40 bits per heavy atom. The molecular formula is C24H29FN2O3. The number of amides is 1. The molecule has 2 aromatic carbocycles. The fraction of sp³-hybridized carbons (Fsp3) is 0.375. The molecule has 3 rings (SSSR count). The number of carbonyl (C=O) groups is 1. The Morgan fingerprint density at radius 1 is 1.17 bits per heavy atom. The van der Waals surface area contributed by atoms with Gasteiger partial charge in [-0.15, -0.1) is 0 Å². The van der Waals surface area contributed by atoms with E-state index in [1.807, 2.05) is 17.9 Å². The fourth-order valence-electron chi connectivity index (χ4n) is 3.70. The predicted molar refractivity (Wildman–Crippen MR) is 117 cm³/mol. The van der Waals surface area contributed by atoms with Gasteiger partial charge in [-0.2, -0.15) is 0 Å². The van der Waals surface area contributed by atoms with Gasteiger partial charge in [0.2, 0.25) is 0 Å². The van der Waals surface area contributed by atoms with E-state index in [1.165, 1.54) is 12.1 Å². The second-order valence-electron chi connectivity index (χ2n) is 7.62. The van der Waals surface area contributed by atoms with Crippen molar-refractivity contribution in [3.63, 3.8) is 0 Å². The minimum atomic E-state index is -0.263. The van der Waals surface area contributed by atoms with Crippen LogP contribution in [0.2, 0.25) is 0 Å². The lowest BCUT2D eigenvalue weighted by Crippen LogP contribution is -2.42. The second-order valence-corrected chi connectivity index (χ2v) is 7.62. The van der Waals surface area contributed by atoms with Crippen molar-refractivity contribution in [2.24, 2.45) is 0 Å². The van der Waals surface area contributed by atoms with Gasteiger partial charge in [0, 0.05) is 30.8 Å². The number of hydrogen-bond acceptors (Lipinski definition) is 4. The number of halogens is 1. The lowest BCUT2D eigenvalue weighted by atomic mass is 10.1. The zero-order valence-electron chi connectivity index (χ0n) is 17.8. The van der Waals surface area contributed by atoms with E-state index in [9.17, 15) is 9.18 Å². The van der Waals surface area contributed by atoms with Gasteiger partial charge < -0.3 is 19.7 Å². The molecule has 1 heterocycles. The molecule has 1 amide bonds. The van der Waals surface area contributed by atoms with Crippen molar-refractivity contribution in [1.82, 2.24) is 10.2 Å². The summed E-state index contributed by atoms with van der Waals surface area (Å²) in [6, 6.07) is 11.8. The third kappa shape index (κ3) is 5.83. The molecule has 1 N–H and O–H groups in total. The standard InChI is InChI=1S/C24H29FN2O3/c1-17(11-18-6-8-20(25)9-7-18)15-27(16-21-5-4-10-26-21)24(28)19-12-22(29-2)14-23(13-19)30-3/h6-9,11-14,21,26H,4-5,10,15-16H2,1-3H3. The van der Waals surface area contributed by atoms with Crippen LogP contribution in [-0.2, 0) is 0 Å². The maximum Gasteiger partial charge on any atom is 0.254 e. The Labute approximate surface area is 177 Å². The number of hydrogen-bond donors (Lipinski definition) is 1. The molecule has 0 aromatic heterocycles. The molecule has 1 atom stereocenters. The van der Waals surface area contributed by atoms with Crippen LogP contribution in [0.15, 0.2) is 48.0 Å². The van der Waals surface area contributed by atoms with Gasteiger partial charge in [-0.05, 0) is 56.1 Å². The third-order valence-electron chi connectivity index (χ3n) is 5.21. The molecule has 6 heteroatoms. The van der Waals surface area contributed by atoms with Crippen molar-refractivity contribution in [3.05, 3.63) is 65.0 Å². The summed E-state index contributed by atoms with van der Waals surface area (Å²) >= 11 is 0. The minimum absolute atomic E-state index is 0.0762. The Balaban J connectivity index is 1.84. The Hall–Kier alpha value is -2.86. The highest BCUT2D eigenvalue weighted by molar-refractivity contribution is 5.95. The first-order chi connectivity index (χ1) is 14.5. The van der Waals surface area contributed by atoms with Crippen molar-refractivity contribution >= 4 is 12.0 Å². The average molecular weight is 413 g/mol. The summed E-state index contributed by atoms with van der Waals surface area (Å²) in [5.74, 6) is 0.819. The van der Waals surface area contributed by atoms with E-state index in [0.29, 0.717) is 30.2 Å². The van der Waals surface area contributed by atoms with Crippen molar-refractivity contribution in [1.29, 1.82) is 0 Å². The molecule has 5 nitrogen and oxygen atoms in total. The number of nitrogens with one attached hydrogen (secondary N) is 1. The largest absolute Gasteiger partial charge is 0.497 e. The molecule has 0 bridgehead atoms. The summed E-state index contributed by atoms with van der Waals surface area (Å²) in [6.07, 6.45) is 4.14. The first kappa shape index (κ1) is 21.8. The molecule has 1 aliphatic rings. The predicted octanol–water partition coefficient (Wildman–Crippen LogP) is 4.14. The molecule has 1 aliphatic heterocycles. The zero-order valence-corrected chi connectivity index (χ0v) is 17.8. The first-order valence-corrected chi connectivity index (χ1v) is 10.2. The average Bonchev–Trinajstić information content (AvgIpc) is 3.27. The van der Waals surface area contributed by atoms with Crippen molar-refractivity contribution in [2.75, 3.05) is 33.9 Å². The van der Waals surface area contributed by atoms with Crippen LogP contribution < -0.4 is 14.8 Å². The summed E-state index contributed by atoms with van der Waals surface area (Å²) in [5.41, 5.74) is 2.45. The van der Waals surface area contributed by atoms with Crippen LogP contribution >= 0.6 is 0 Å². The molecule has 2 aromatic rings. The van der Waals surface area contributed by atoms with Crippen molar-refractivity contribution in [2.45, 2.75) is 25.8 Å². The molecular weight excluding hydrogens is 383 g/mol. The quantitative estimate of drug-likeness (QED) is 0.708. The molecule has 1 unspecified atom stereocenters. The summed E-state index contributed by atoms with van der Waals surface area (Å²) in [7, 11) is 3.14. The zero-order chi connectivity index (χ0) is 21.5. The van der Waals surface area contributed by atoms with Gasteiger partial charge in [-0.3, -0.25) is 4.79 Å². The van der Waals surface area contributed by atoms with Crippen LogP contribution in [0.3, 0.4) is 0 Å². The van der Waals surface area contributed by atoms with Gasteiger partial charge in [-0.1, -0.05) is 23.8 Å². The van der Waals surface area contributed by atoms with Crippen LogP contribution in [0.5, 0.6) is 11.5 Å². The van der Waals surface area contributed by atoms with Gasteiger partial charge in [0.15, 0.2) is 0 Å². The first-order valence-electron chi connectivity index (χ1n) is 10.2. The third-order valence-corrected chi connectivity index (χ3v) is 5.21. The van der Waals surface area contributed by atoms with Crippen molar-refractivity contribution in [3.8, 4) is 11.5 Å². The van der Waals surface area contributed by atoms with E-state index in [4.69, 9.17) is 9.47 Å². The highest BCUT2D eigenvalue weighted by atomic mass is 19.1. The number of carbonyl (C=O) groups excluding carboxylic acids is 1. The maximum atomic E-state index is 13.4. The van der Waals surface area contributed by atoms with E-state index in [2.05, 4.69) is 5.32 Å². The summed E-state index contributed by atoms with van der Waals surface area (Å²) in [5, 5.41) is 3.46. The molecule has 30 heavy (non-hydrogen) atoms. The van der Waals surface area contributed by atoms with Gasteiger partial charge in [-0.25, -0.2) is 4.39 Å². The number of benzene rings is 2. The lowest BCUT2D eigenvalue weighted by molar-refractivity contribution is 0.0756. The molecule has 0 saturated carbocycles. The SMILES string of the molecule is COc1cc(OC)cc(C(=O)N(CC(C)=Cc2ccc(F)cc2)CC2CCCN2)c1. The minimum Gasteiger partial charge on any atom is -0.497 e. The second kappa shape index (κ2) is 10.3. The molecule has 1 saturated heterocycles. The van der Waals surface area contributed by atoms with Crippen molar-refractivity contribution < 1.29 is 18.7 Å². The van der Waals surface area contributed by atoms with E-state index < -0.39 is 0 Å². The van der Waals surface area contributed by atoms with Crippen LogP contribution in [0.25, 0.3) is 6.08 Å². The monoisotopic (exact) mass is 412 g/mol. The highest BCUT2D eigenvalue weighted by Crippen LogP contribution is 2.24. The van der Waals surface area contributed by atoms with E-state index in [0.717, 1.165) is 30.5 Å². The molecule has 1 fully saturated rings. The van der Waals surface area contributed by atoms with Gasteiger partial charge in [0.1, 0.15) is 17.3 Å². The van der Waals surface area contributed by atoms with E-state index in [-0.39, 0.29) is 17.8 Å². The smallest absolute Gasteiger partial charge is 0.254 e. The van der Waals surface area contributed by atoms with Crippen LogP contribution in [0.4, 0.5) is 4.39 Å². The maximum absolute atomic E-state index is 13.4. The highest BCUT2D eigenvalue weighted by Gasteiger charge is 2.23. The van der Waals surface area contributed by atoms with Gasteiger partial charge in [0.05, 0.1) is 14.2 Å². The van der Waals surface area contributed by atoms with Crippen LogP contribution in [-0.4, -0.2) is 50.7 Å². The van der Waals surface area contributed by atoms with Gasteiger partial charge in [0.25, 0.3) is 5.91 Å². The van der Waals surface area contributed by atoms with Crippen LogP contribution in [0, 0.1) is 5.82 Å². The Morgan fingerprint density at radius 2 is 1.83 bits per heavy atom. The number of methoxy groups -OCH3 is 2. The Bertz CT molecular complexity index is 868. The molecule has 0 spiro atoms. The van der Waals surface area contributed by atoms with E-state index in [1.54, 1.807) is 44.6 Å². The normalized spacial score (nSPS) is 16.4. The Kier molecular flexibility index (Phi) is 7.46. The van der Waals surface area contributed by atoms with Crippen LogP contribution in [0.1, 0.15) is 35.7 Å². The summed E-state index contributed by atoms with van der Waals surface area (Å²) in [4.78, 5) is 15.3. The number of rotatable bonds is 8. The van der Waals surface area contributed by atoms with Gasteiger partial charge >= 0.3 is 0 Å². The number of nitrogens with zero attached hydrogens (tertiary/aromatic N) is 1. The summed E-state index contributed by atoms with van der Waals surface area (Å²) in [6.45, 7) is 4.06. The topological polar surface area (TPSA) is 50.8 Å². The summed E-state index contributed by atoms with van der Waals surface area (Å²) < 4.78 is 23.8. The molecule has 0 radical (unpaired) electrons. The lowest BCUT2D eigenvalue weighted by Gasteiger charge is -2.27. The number of ether oxygens (including phenoxy) is 2.